The van der Waals surface area contributed by atoms with E-state index in [1.54, 1.807) is 0 Å². The second-order valence-electron chi connectivity index (χ2n) is 2.97. The molecule has 13 heavy (non-hydrogen) atoms. The molecule has 0 aromatic carbocycles. The van der Waals surface area contributed by atoms with Gasteiger partial charge in [-0.05, 0) is 12.2 Å². The molecule has 2 rings (SSSR count). The van der Waals surface area contributed by atoms with Gasteiger partial charge in [-0.25, -0.2) is 0 Å². The van der Waals surface area contributed by atoms with E-state index in [9.17, 15) is 0 Å². The van der Waals surface area contributed by atoms with Crippen LogP contribution >= 0.6 is 0 Å². The van der Waals surface area contributed by atoms with Gasteiger partial charge >= 0.3 is 0 Å². The zero-order chi connectivity index (χ0) is 8.93. The van der Waals surface area contributed by atoms with Crippen LogP contribution in [0.25, 0.3) is 0 Å². The number of hydrogen-bond acceptors (Lipinski definition) is 4. The summed E-state index contributed by atoms with van der Waals surface area (Å²) in [4.78, 5) is 2.20. The minimum absolute atomic E-state index is 0.882. The SMILES string of the molecule is C1=CC=C(N2CNCNC2)NC=C1. The van der Waals surface area contributed by atoms with E-state index in [2.05, 4.69) is 26.9 Å². The second kappa shape index (κ2) is 4.11. The number of nitrogens with zero attached hydrogens (tertiary/aromatic N) is 1. The van der Waals surface area contributed by atoms with Gasteiger partial charge in [-0.1, -0.05) is 12.2 Å². The van der Waals surface area contributed by atoms with Crippen LogP contribution in [0.3, 0.4) is 0 Å². The monoisotopic (exact) mass is 178 g/mol. The highest BCUT2D eigenvalue weighted by molar-refractivity contribution is 5.20. The Balaban J connectivity index is 2.01. The number of rotatable bonds is 1. The van der Waals surface area contributed by atoms with E-state index < -0.39 is 0 Å². The van der Waals surface area contributed by atoms with E-state index in [1.807, 2.05) is 24.4 Å². The molecule has 2 aliphatic rings. The van der Waals surface area contributed by atoms with E-state index in [0.29, 0.717) is 0 Å². The Bertz CT molecular complexity index is 248. The lowest BCUT2D eigenvalue weighted by molar-refractivity contribution is 0.231. The van der Waals surface area contributed by atoms with Crippen molar-refractivity contribution in [3.63, 3.8) is 0 Å². The number of hydrogen-bond donors (Lipinski definition) is 3. The van der Waals surface area contributed by atoms with Crippen LogP contribution in [0.1, 0.15) is 0 Å². The first-order chi connectivity index (χ1) is 6.47. The molecular weight excluding hydrogens is 164 g/mol. The maximum Gasteiger partial charge on any atom is 0.107 e. The number of nitrogens with one attached hydrogen (secondary N) is 3. The lowest BCUT2D eigenvalue weighted by Crippen LogP contribution is -2.51. The molecule has 0 atom stereocenters. The molecule has 0 aromatic rings. The largest absolute Gasteiger partial charge is 0.348 e. The minimum atomic E-state index is 0.882. The van der Waals surface area contributed by atoms with Gasteiger partial charge < -0.3 is 10.2 Å². The predicted molar refractivity (Wildman–Crippen MR) is 52.2 cm³/mol. The first kappa shape index (κ1) is 8.34. The summed E-state index contributed by atoms with van der Waals surface area (Å²) in [6.45, 7) is 2.65. The second-order valence-corrected chi connectivity index (χ2v) is 2.97. The van der Waals surface area contributed by atoms with Crippen LogP contribution in [0.15, 0.2) is 36.3 Å². The Morgan fingerprint density at radius 3 is 2.77 bits per heavy atom. The maximum absolute atomic E-state index is 3.24. The third kappa shape index (κ3) is 2.11. The van der Waals surface area contributed by atoms with Crippen molar-refractivity contribution in [2.24, 2.45) is 0 Å². The molecule has 2 heterocycles. The standard InChI is InChI=1S/C9H14N4/c1-2-4-9(12-5-3-1)13-7-10-6-11-8-13/h1-5,10-12H,6-8H2. The normalized spacial score (nSPS) is 22.2. The molecule has 0 bridgehead atoms. The topological polar surface area (TPSA) is 39.3 Å². The van der Waals surface area contributed by atoms with E-state index in [0.717, 1.165) is 25.8 Å². The minimum Gasteiger partial charge on any atom is -0.348 e. The van der Waals surface area contributed by atoms with Crippen molar-refractivity contribution in [3.8, 4) is 0 Å². The van der Waals surface area contributed by atoms with Gasteiger partial charge in [0.2, 0.25) is 0 Å². The molecule has 70 valence electrons. The number of allylic oxidation sites excluding steroid dienone is 4. The highest BCUT2D eigenvalue weighted by Crippen LogP contribution is 2.02. The average Bonchev–Trinajstić information content (AvgIpc) is 2.47. The molecular formula is C9H14N4. The fourth-order valence-corrected chi connectivity index (χ4v) is 1.34. The third-order valence-corrected chi connectivity index (χ3v) is 2.00. The van der Waals surface area contributed by atoms with Crippen LogP contribution < -0.4 is 16.0 Å². The molecule has 1 fully saturated rings. The van der Waals surface area contributed by atoms with Gasteiger partial charge in [0.1, 0.15) is 5.82 Å². The Morgan fingerprint density at radius 2 is 1.92 bits per heavy atom. The summed E-state index contributed by atoms with van der Waals surface area (Å²) in [5, 5.41) is 9.69. The van der Waals surface area contributed by atoms with E-state index in [1.165, 1.54) is 0 Å². The zero-order valence-electron chi connectivity index (χ0n) is 7.46. The quantitative estimate of drug-likeness (QED) is 0.523. The Hall–Kier alpha value is -1.26. The molecule has 4 nitrogen and oxygen atoms in total. The molecule has 1 saturated heterocycles. The van der Waals surface area contributed by atoms with Gasteiger partial charge in [0.15, 0.2) is 0 Å². The molecule has 0 unspecified atom stereocenters. The van der Waals surface area contributed by atoms with Crippen molar-refractivity contribution in [3.05, 3.63) is 36.3 Å². The van der Waals surface area contributed by atoms with Crippen molar-refractivity contribution in [1.82, 2.24) is 20.9 Å². The van der Waals surface area contributed by atoms with Crippen molar-refractivity contribution in [2.45, 2.75) is 0 Å². The van der Waals surface area contributed by atoms with Crippen LogP contribution in [0.5, 0.6) is 0 Å². The lowest BCUT2D eigenvalue weighted by atomic mass is 10.4. The van der Waals surface area contributed by atoms with Gasteiger partial charge in [0, 0.05) is 12.9 Å². The fraction of sp³-hybridized carbons (Fsp3) is 0.333. The highest BCUT2D eigenvalue weighted by atomic mass is 15.4. The van der Waals surface area contributed by atoms with Crippen LogP contribution in [-0.2, 0) is 0 Å². The van der Waals surface area contributed by atoms with E-state index in [-0.39, 0.29) is 0 Å². The zero-order valence-corrected chi connectivity index (χ0v) is 7.46. The van der Waals surface area contributed by atoms with Gasteiger partial charge in [0.25, 0.3) is 0 Å². The molecule has 4 heteroatoms. The van der Waals surface area contributed by atoms with Gasteiger partial charge in [0.05, 0.1) is 13.3 Å². The first-order valence-electron chi connectivity index (χ1n) is 4.43. The van der Waals surface area contributed by atoms with Crippen LogP contribution in [0.2, 0.25) is 0 Å². The summed E-state index contributed by atoms with van der Waals surface area (Å²) in [5.74, 6) is 1.12. The Labute approximate surface area is 78.0 Å². The third-order valence-electron chi connectivity index (χ3n) is 2.00. The summed E-state index contributed by atoms with van der Waals surface area (Å²) >= 11 is 0. The summed E-state index contributed by atoms with van der Waals surface area (Å²) in [7, 11) is 0. The fourth-order valence-electron chi connectivity index (χ4n) is 1.34. The van der Waals surface area contributed by atoms with E-state index in [4.69, 9.17) is 0 Å². The molecule has 0 radical (unpaired) electrons. The van der Waals surface area contributed by atoms with E-state index >= 15 is 0 Å². The van der Waals surface area contributed by atoms with Crippen LogP contribution in [-0.4, -0.2) is 24.9 Å². The Morgan fingerprint density at radius 1 is 1.08 bits per heavy atom. The van der Waals surface area contributed by atoms with Crippen LogP contribution in [0.4, 0.5) is 0 Å². The smallest absolute Gasteiger partial charge is 0.107 e. The molecule has 3 N–H and O–H groups in total. The first-order valence-corrected chi connectivity index (χ1v) is 4.43. The molecule has 0 saturated carbocycles. The predicted octanol–water partition coefficient (Wildman–Crippen LogP) is -0.132. The summed E-state index contributed by atoms with van der Waals surface area (Å²) in [6, 6.07) is 0. The van der Waals surface area contributed by atoms with Gasteiger partial charge in [-0.3, -0.25) is 10.6 Å². The molecule has 0 aliphatic carbocycles. The molecule has 2 aliphatic heterocycles. The summed E-state index contributed by atoms with van der Waals surface area (Å²) in [5.41, 5.74) is 0. The summed E-state index contributed by atoms with van der Waals surface area (Å²) in [6.07, 6.45) is 10.0. The highest BCUT2D eigenvalue weighted by Gasteiger charge is 2.10. The summed E-state index contributed by atoms with van der Waals surface area (Å²) < 4.78 is 0. The van der Waals surface area contributed by atoms with Gasteiger partial charge in [-0.2, -0.15) is 0 Å². The lowest BCUT2D eigenvalue weighted by Gasteiger charge is -2.31. The molecule has 0 spiro atoms. The van der Waals surface area contributed by atoms with Crippen molar-refractivity contribution in [2.75, 3.05) is 20.0 Å². The molecule has 0 amide bonds. The van der Waals surface area contributed by atoms with Crippen molar-refractivity contribution in [1.29, 1.82) is 0 Å². The molecule has 0 aromatic heterocycles. The van der Waals surface area contributed by atoms with Crippen LogP contribution in [0, 0.1) is 0 Å². The van der Waals surface area contributed by atoms with Crippen molar-refractivity contribution < 1.29 is 0 Å². The maximum atomic E-state index is 3.24. The Kier molecular flexibility index (Phi) is 2.64. The van der Waals surface area contributed by atoms with Crippen molar-refractivity contribution >= 4 is 0 Å². The van der Waals surface area contributed by atoms with Gasteiger partial charge in [-0.15, -0.1) is 0 Å². The average molecular weight is 178 g/mol.